The van der Waals surface area contributed by atoms with E-state index in [-0.39, 0.29) is 17.6 Å². The topological polar surface area (TPSA) is 67.4 Å². The van der Waals surface area contributed by atoms with Crippen molar-refractivity contribution in [3.05, 3.63) is 71.1 Å². The molecular weight excluding hydrogens is 451 g/mol. The van der Waals surface area contributed by atoms with Crippen LogP contribution in [0, 0.1) is 25.6 Å². The van der Waals surface area contributed by atoms with E-state index in [0.717, 1.165) is 42.0 Å². The summed E-state index contributed by atoms with van der Waals surface area (Å²) < 4.78 is 19.4. The lowest BCUT2D eigenvalue weighted by Gasteiger charge is -2.32. The zero-order valence-corrected chi connectivity index (χ0v) is 19.9. The fourth-order valence-corrected chi connectivity index (χ4v) is 5.30. The Kier molecular flexibility index (Phi) is 6.15. The van der Waals surface area contributed by atoms with Crippen LogP contribution in [0.2, 0.25) is 0 Å². The van der Waals surface area contributed by atoms with Crippen molar-refractivity contribution in [1.29, 1.82) is 0 Å². The third kappa shape index (κ3) is 4.46. The predicted octanol–water partition coefficient (Wildman–Crippen LogP) is 6.09. The van der Waals surface area contributed by atoms with Gasteiger partial charge >= 0.3 is 0 Å². The van der Waals surface area contributed by atoms with Crippen LogP contribution in [0.25, 0.3) is 10.2 Å². The number of piperidine rings is 1. The van der Waals surface area contributed by atoms with E-state index in [4.69, 9.17) is 4.74 Å². The fourth-order valence-electron chi connectivity index (χ4n) is 4.31. The number of ether oxygens (including phenoxy) is 1. The average molecular weight is 477 g/mol. The summed E-state index contributed by atoms with van der Waals surface area (Å²) in [5.41, 5.74) is 1.80. The van der Waals surface area contributed by atoms with Crippen LogP contribution in [-0.2, 0) is 4.79 Å². The molecule has 0 bridgehead atoms. The molecule has 0 radical (unpaired) electrons. The fraction of sp³-hybridized carbons (Fsp3) is 0.269. The molecular formula is C26H25FN4O2S. The molecule has 1 saturated heterocycles. The highest BCUT2D eigenvalue weighted by atomic mass is 32.1. The number of carbonyl (C=O) groups is 1. The number of thiophene rings is 1. The van der Waals surface area contributed by atoms with E-state index in [1.165, 1.54) is 22.6 Å². The van der Waals surface area contributed by atoms with Crippen LogP contribution >= 0.6 is 11.3 Å². The summed E-state index contributed by atoms with van der Waals surface area (Å²) in [6.07, 6.45) is 3.08. The number of benzene rings is 2. The van der Waals surface area contributed by atoms with E-state index in [1.807, 2.05) is 12.1 Å². The van der Waals surface area contributed by atoms with Crippen molar-refractivity contribution in [2.75, 3.05) is 23.3 Å². The summed E-state index contributed by atoms with van der Waals surface area (Å²) in [6.45, 7) is 5.72. The van der Waals surface area contributed by atoms with Crippen LogP contribution in [0.15, 0.2) is 54.9 Å². The van der Waals surface area contributed by atoms with Crippen LogP contribution in [0.4, 0.5) is 15.9 Å². The summed E-state index contributed by atoms with van der Waals surface area (Å²) in [7, 11) is 0. The van der Waals surface area contributed by atoms with Gasteiger partial charge < -0.3 is 15.0 Å². The second-order valence-corrected chi connectivity index (χ2v) is 9.67. The summed E-state index contributed by atoms with van der Waals surface area (Å²) in [5.74, 6) is 1.29. The van der Waals surface area contributed by atoms with Crippen molar-refractivity contribution in [2.24, 2.45) is 5.92 Å². The number of aromatic nitrogens is 2. The normalized spacial score (nSPS) is 14.4. The number of hydrogen-bond donors (Lipinski definition) is 1. The molecule has 1 N–H and O–H groups in total. The molecule has 0 atom stereocenters. The van der Waals surface area contributed by atoms with Crippen LogP contribution in [-0.4, -0.2) is 29.0 Å². The molecule has 174 valence electrons. The maximum atomic E-state index is 13.5. The summed E-state index contributed by atoms with van der Waals surface area (Å²) >= 11 is 1.69. The van der Waals surface area contributed by atoms with Crippen LogP contribution in [0.5, 0.6) is 11.5 Å². The number of amides is 1. The number of nitrogens with zero attached hydrogens (tertiary/aromatic N) is 3. The summed E-state index contributed by atoms with van der Waals surface area (Å²) in [5, 5.41) is 4.13. The molecule has 8 heteroatoms. The van der Waals surface area contributed by atoms with Gasteiger partial charge in [-0.1, -0.05) is 18.2 Å². The van der Waals surface area contributed by atoms with Crippen molar-refractivity contribution in [1.82, 2.24) is 9.97 Å². The lowest BCUT2D eigenvalue weighted by Crippen LogP contribution is -2.38. The number of aryl methyl sites for hydroxylation is 2. The second kappa shape index (κ2) is 9.38. The Morgan fingerprint density at radius 3 is 2.71 bits per heavy atom. The molecule has 1 aliphatic rings. The van der Waals surface area contributed by atoms with Gasteiger partial charge in [0.15, 0.2) is 5.75 Å². The van der Waals surface area contributed by atoms with Gasteiger partial charge in [-0.2, -0.15) is 0 Å². The SMILES string of the molecule is Cc1sc2ncnc(N3CCC(C(=O)Nc4ccccc4Oc4cccc(F)c4)CC3)c2c1C. The minimum absolute atomic E-state index is 0.0367. The van der Waals surface area contributed by atoms with E-state index in [2.05, 4.69) is 34.0 Å². The van der Waals surface area contributed by atoms with Gasteiger partial charge in [-0.15, -0.1) is 11.3 Å². The first-order valence-corrected chi connectivity index (χ1v) is 12.1. The largest absolute Gasteiger partial charge is 0.455 e. The zero-order valence-electron chi connectivity index (χ0n) is 19.0. The first kappa shape index (κ1) is 22.3. The molecule has 34 heavy (non-hydrogen) atoms. The van der Waals surface area contributed by atoms with Gasteiger partial charge in [-0.05, 0) is 56.5 Å². The van der Waals surface area contributed by atoms with E-state index in [0.29, 0.717) is 17.2 Å². The molecule has 6 nitrogen and oxygen atoms in total. The van der Waals surface area contributed by atoms with Crippen molar-refractivity contribution in [3.8, 4) is 11.5 Å². The minimum atomic E-state index is -0.375. The second-order valence-electron chi connectivity index (χ2n) is 8.47. The van der Waals surface area contributed by atoms with E-state index < -0.39 is 0 Å². The van der Waals surface area contributed by atoms with Gasteiger partial charge in [0.1, 0.15) is 28.5 Å². The van der Waals surface area contributed by atoms with E-state index in [9.17, 15) is 9.18 Å². The molecule has 1 amide bonds. The highest BCUT2D eigenvalue weighted by molar-refractivity contribution is 7.18. The minimum Gasteiger partial charge on any atom is -0.455 e. The molecule has 0 saturated carbocycles. The first-order valence-electron chi connectivity index (χ1n) is 11.3. The maximum absolute atomic E-state index is 13.5. The van der Waals surface area contributed by atoms with Crippen LogP contribution in [0.1, 0.15) is 23.3 Å². The van der Waals surface area contributed by atoms with E-state index >= 15 is 0 Å². The molecule has 3 heterocycles. The number of rotatable bonds is 5. The number of anilines is 2. The lowest BCUT2D eigenvalue weighted by molar-refractivity contribution is -0.120. The van der Waals surface area contributed by atoms with Crippen molar-refractivity contribution < 1.29 is 13.9 Å². The number of halogens is 1. The van der Waals surface area contributed by atoms with Gasteiger partial charge in [0.05, 0.1) is 11.1 Å². The molecule has 5 rings (SSSR count). The average Bonchev–Trinajstić information content (AvgIpc) is 3.14. The van der Waals surface area contributed by atoms with E-state index in [1.54, 1.807) is 41.9 Å². The molecule has 4 aromatic rings. The van der Waals surface area contributed by atoms with Crippen LogP contribution < -0.4 is 15.0 Å². The highest BCUT2D eigenvalue weighted by Crippen LogP contribution is 2.36. The van der Waals surface area contributed by atoms with Gasteiger partial charge in [-0.25, -0.2) is 14.4 Å². The van der Waals surface area contributed by atoms with Crippen molar-refractivity contribution in [2.45, 2.75) is 26.7 Å². The number of carbonyl (C=O) groups excluding carboxylic acids is 1. The van der Waals surface area contributed by atoms with Crippen molar-refractivity contribution >= 4 is 39.0 Å². The van der Waals surface area contributed by atoms with Gasteiger partial charge in [0.25, 0.3) is 0 Å². The Labute approximate surface area is 201 Å². The Balaban J connectivity index is 1.26. The Morgan fingerprint density at radius 1 is 1.12 bits per heavy atom. The Bertz CT molecular complexity index is 1350. The van der Waals surface area contributed by atoms with Crippen molar-refractivity contribution in [3.63, 3.8) is 0 Å². The molecule has 1 fully saturated rings. The molecule has 2 aromatic heterocycles. The standard InChI is InChI=1S/C26H25FN4O2S/c1-16-17(2)34-26-23(16)24(28-15-29-26)31-12-10-18(11-13-31)25(32)30-21-8-3-4-9-22(21)33-20-7-5-6-19(27)14-20/h3-9,14-15,18H,10-13H2,1-2H3,(H,30,32). The first-order chi connectivity index (χ1) is 16.5. The highest BCUT2D eigenvalue weighted by Gasteiger charge is 2.28. The molecule has 0 spiro atoms. The smallest absolute Gasteiger partial charge is 0.227 e. The summed E-state index contributed by atoms with van der Waals surface area (Å²) in [4.78, 5) is 26.6. The number of fused-ring (bicyclic) bond motifs is 1. The third-order valence-corrected chi connectivity index (χ3v) is 7.39. The Morgan fingerprint density at radius 2 is 1.91 bits per heavy atom. The molecule has 2 aromatic carbocycles. The monoisotopic (exact) mass is 476 g/mol. The number of nitrogens with one attached hydrogen (secondary N) is 1. The summed E-state index contributed by atoms with van der Waals surface area (Å²) in [6, 6.07) is 13.1. The van der Waals surface area contributed by atoms with Gasteiger partial charge in [0, 0.05) is 30.0 Å². The van der Waals surface area contributed by atoms with Crippen LogP contribution in [0.3, 0.4) is 0 Å². The van der Waals surface area contributed by atoms with Gasteiger partial charge in [-0.3, -0.25) is 4.79 Å². The Hall–Kier alpha value is -3.52. The molecule has 1 aliphatic heterocycles. The third-order valence-electron chi connectivity index (χ3n) is 6.28. The predicted molar refractivity (Wildman–Crippen MR) is 133 cm³/mol. The maximum Gasteiger partial charge on any atom is 0.227 e. The lowest BCUT2D eigenvalue weighted by atomic mass is 9.95. The zero-order chi connectivity index (χ0) is 23.7. The number of hydrogen-bond acceptors (Lipinski definition) is 6. The number of para-hydroxylation sites is 2. The molecule has 0 unspecified atom stereocenters. The quantitative estimate of drug-likeness (QED) is 0.377. The molecule has 0 aliphatic carbocycles. The van der Waals surface area contributed by atoms with Gasteiger partial charge in [0.2, 0.25) is 5.91 Å².